The Hall–Kier alpha value is -2.83. The minimum absolute atomic E-state index is 0.00433. The zero-order valence-electron chi connectivity index (χ0n) is 18.2. The van der Waals surface area contributed by atoms with Gasteiger partial charge in [-0.05, 0) is 38.1 Å². The molecular weight excluding hydrogens is 428 g/mol. The van der Waals surface area contributed by atoms with Crippen LogP contribution in [0.2, 0.25) is 0 Å². The number of aromatic nitrogens is 1. The van der Waals surface area contributed by atoms with Crippen LogP contribution in [-0.4, -0.2) is 57.7 Å². The number of nitrogens with two attached hydrogens (primary N) is 1. The molecule has 1 aromatic carbocycles. The molecule has 1 aromatic heterocycles. The number of ether oxygens (including phenoxy) is 2. The number of carbonyl (C=O) groups is 2. The molecule has 2 aromatic rings. The normalized spacial score (nSPS) is 22.5. The fraction of sp³-hybridized carbons (Fsp3) is 0.478. The maximum atomic E-state index is 12.7. The molecule has 9 heteroatoms. The van der Waals surface area contributed by atoms with Gasteiger partial charge in [0.25, 0.3) is 0 Å². The smallest absolute Gasteiger partial charge is 0.249 e. The van der Waals surface area contributed by atoms with E-state index in [0.29, 0.717) is 46.1 Å². The minimum Gasteiger partial charge on any atom is -0.490 e. The topological polar surface area (TPSA) is 119 Å². The number of hydrogen-bond donors (Lipinski definition) is 1. The third-order valence-corrected chi connectivity index (χ3v) is 6.75. The van der Waals surface area contributed by atoms with Gasteiger partial charge >= 0.3 is 0 Å². The number of thioether (sulfide) groups is 1. The van der Waals surface area contributed by atoms with Crippen LogP contribution in [0.1, 0.15) is 42.7 Å². The molecule has 8 nitrogen and oxygen atoms in total. The molecule has 0 unspecified atom stereocenters. The van der Waals surface area contributed by atoms with Crippen LogP contribution in [-0.2, 0) is 16.0 Å². The number of carbonyl (C=O) groups excluding carboxylic acids is 2. The van der Waals surface area contributed by atoms with Crippen molar-refractivity contribution < 1.29 is 19.1 Å². The van der Waals surface area contributed by atoms with Gasteiger partial charge in [0.1, 0.15) is 17.9 Å². The first kappa shape index (κ1) is 22.4. The molecule has 2 saturated heterocycles. The number of nitrogens with zero attached hydrogens (tertiary/aromatic N) is 3. The van der Waals surface area contributed by atoms with Gasteiger partial charge < -0.3 is 20.1 Å². The number of amides is 2. The lowest BCUT2D eigenvalue weighted by Gasteiger charge is -2.35. The summed E-state index contributed by atoms with van der Waals surface area (Å²) < 4.78 is 11.9. The molecule has 0 radical (unpaired) electrons. The van der Waals surface area contributed by atoms with E-state index in [4.69, 9.17) is 15.2 Å². The fourth-order valence-electron chi connectivity index (χ4n) is 4.15. The number of benzene rings is 1. The molecule has 0 aliphatic carbocycles. The van der Waals surface area contributed by atoms with Gasteiger partial charge in [0.15, 0.2) is 0 Å². The summed E-state index contributed by atoms with van der Waals surface area (Å²) in [6.07, 6.45) is 1.59. The standard InChI is InChI=1S/C23H26N4O4S/c1-23(2)10-17(5-6-30-23)31-16-3-4-20-18(9-16)19(22(25)29)7-14(26-20)8-21(28)27-13-32-12-15(27)11-24/h3-4,7,9,15,17H,5-6,8,10,12-13H2,1-2H3,(H2,25,29)/t15-,17-/m1/s1. The van der Waals surface area contributed by atoms with E-state index in [1.165, 1.54) is 0 Å². The van der Waals surface area contributed by atoms with Crippen LogP contribution in [0.25, 0.3) is 10.9 Å². The summed E-state index contributed by atoms with van der Waals surface area (Å²) in [5.74, 6) is 0.941. The van der Waals surface area contributed by atoms with Gasteiger partial charge in [-0.25, -0.2) is 0 Å². The van der Waals surface area contributed by atoms with E-state index >= 15 is 0 Å². The van der Waals surface area contributed by atoms with Crippen molar-refractivity contribution in [2.75, 3.05) is 18.2 Å². The molecule has 4 rings (SSSR count). The average molecular weight is 455 g/mol. The Kier molecular flexibility index (Phi) is 6.26. The van der Waals surface area contributed by atoms with Gasteiger partial charge in [-0.2, -0.15) is 5.26 Å². The first-order valence-electron chi connectivity index (χ1n) is 10.6. The zero-order valence-corrected chi connectivity index (χ0v) is 19.0. The molecule has 2 aliphatic rings. The molecule has 3 heterocycles. The summed E-state index contributed by atoms with van der Waals surface area (Å²) in [7, 11) is 0. The number of hydrogen-bond acceptors (Lipinski definition) is 7. The molecule has 2 fully saturated rings. The number of pyridine rings is 1. The van der Waals surface area contributed by atoms with E-state index in [0.717, 1.165) is 12.8 Å². The lowest BCUT2D eigenvalue weighted by molar-refractivity contribution is -0.130. The van der Waals surface area contributed by atoms with Crippen LogP contribution in [0.5, 0.6) is 5.75 Å². The van der Waals surface area contributed by atoms with Crippen molar-refractivity contribution in [2.45, 2.75) is 50.9 Å². The van der Waals surface area contributed by atoms with E-state index in [-0.39, 0.29) is 24.0 Å². The van der Waals surface area contributed by atoms with Crippen molar-refractivity contribution in [1.82, 2.24) is 9.88 Å². The highest BCUT2D eigenvalue weighted by Gasteiger charge is 2.31. The predicted molar refractivity (Wildman–Crippen MR) is 121 cm³/mol. The molecule has 2 aliphatic heterocycles. The van der Waals surface area contributed by atoms with Crippen molar-refractivity contribution in [3.63, 3.8) is 0 Å². The monoisotopic (exact) mass is 454 g/mol. The van der Waals surface area contributed by atoms with Crippen LogP contribution in [0.15, 0.2) is 24.3 Å². The summed E-state index contributed by atoms with van der Waals surface area (Å²) >= 11 is 1.55. The quantitative estimate of drug-likeness (QED) is 0.738. The maximum absolute atomic E-state index is 12.7. The van der Waals surface area contributed by atoms with Crippen LogP contribution in [0, 0.1) is 11.3 Å². The maximum Gasteiger partial charge on any atom is 0.249 e. The largest absolute Gasteiger partial charge is 0.490 e. The van der Waals surface area contributed by atoms with Gasteiger partial charge in [-0.3, -0.25) is 14.6 Å². The second kappa shape index (κ2) is 8.96. The van der Waals surface area contributed by atoms with Crippen molar-refractivity contribution >= 4 is 34.5 Å². The first-order chi connectivity index (χ1) is 15.3. The number of primary amides is 1. The van der Waals surface area contributed by atoms with Crippen LogP contribution in [0.4, 0.5) is 0 Å². The molecule has 168 valence electrons. The summed E-state index contributed by atoms with van der Waals surface area (Å²) in [6.45, 7) is 4.72. The minimum atomic E-state index is -0.595. The second-order valence-electron chi connectivity index (χ2n) is 8.73. The highest BCUT2D eigenvalue weighted by Crippen LogP contribution is 2.30. The van der Waals surface area contributed by atoms with E-state index in [1.807, 2.05) is 19.9 Å². The molecule has 0 bridgehead atoms. The molecule has 32 heavy (non-hydrogen) atoms. The van der Waals surface area contributed by atoms with E-state index < -0.39 is 11.9 Å². The van der Waals surface area contributed by atoms with Gasteiger partial charge in [0, 0.05) is 24.0 Å². The summed E-state index contributed by atoms with van der Waals surface area (Å²) in [5, 5.41) is 9.82. The molecule has 0 spiro atoms. The Labute approximate surface area is 191 Å². The summed E-state index contributed by atoms with van der Waals surface area (Å²) in [4.78, 5) is 31.0. The number of fused-ring (bicyclic) bond motifs is 1. The molecule has 2 N–H and O–H groups in total. The van der Waals surface area contributed by atoms with Gasteiger partial charge in [0.05, 0.1) is 47.3 Å². The summed E-state index contributed by atoms with van der Waals surface area (Å²) in [6, 6.07) is 8.66. The third kappa shape index (κ3) is 4.81. The highest BCUT2D eigenvalue weighted by molar-refractivity contribution is 7.99. The highest BCUT2D eigenvalue weighted by atomic mass is 32.2. The van der Waals surface area contributed by atoms with Crippen LogP contribution < -0.4 is 10.5 Å². The SMILES string of the molecule is CC1(C)C[C@H](Oc2ccc3nc(CC(=O)N4CSC[C@H]4C#N)cc(C(N)=O)c3c2)CCO1. The lowest BCUT2D eigenvalue weighted by atomic mass is 9.96. The van der Waals surface area contributed by atoms with Crippen LogP contribution in [0.3, 0.4) is 0 Å². The Morgan fingerprint density at radius 3 is 2.94 bits per heavy atom. The molecular formula is C23H26N4O4S. The molecule has 2 amide bonds. The first-order valence-corrected chi connectivity index (χ1v) is 11.7. The van der Waals surface area contributed by atoms with Crippen LogP contribution >= 0.6 is 11.8 Å². The fourth-order valence-corrected chi connectivity index (χ4v) is 5.25. The number of nitriles is 1. The van der Waals surface area contributed by atoms with Gasteiger partial charge in [-0.1, -0.05) is 0 Å². The molecule has 2 atom stereocenters. The van der Waals surface area contributed by atoms with E-state index in [9.17, 15) is 14.9 Å². The van der Waals surface area contributed by atoms with Crippen molar-refractivity contribution in [2.24, 2.45) is 5.73 Å². The van der Waals surface area contributed by atoms with E-state index in [1.54, 1.807) is 34.9 Å². The molecule has 0 saturated carbocycles. The average Bonchev–Trinajstić information content (AvgIpc) is 3.21. The third-order valence-electron chi connectivity index (χ3n) is 5.74. The number of rotatable bonds is 5. The predicted octanol–water partition coefficient (Wildman–Crippen LogP) is 2.64. The Morgan fingerprint density at radius 2 is 2.22 bits per heavy atom. The van der Waals surface area contributed by atoms with Crippen molar-refractivity contribution in [3.05, 3.63) is 35.5 Å². The Balaban J connectivity index is 1.58. The van der Waals surface area contributed by atoms with Gasteiger partial charge in [0.2, 0.25) is 11.8 Å². The second-order valence-corrected chi connectivity index (χ2v) is 9.73. The summed E-state index contributed by atoms with van der Waals surface area (Å²) in [5.41, 5.74) is 6.72. The van der Waals surface area contributed by atoms with Crippen molar-refractivity contribution in [1.29, 1.82) is 5.26 Å². The van der Waals surface area contributed by atoms with E-state index in [2.05, 4.69) is 11.1 Å². The van der Waals surface area contributed by atoms with Crippen molar-refractivity contribution in [3.8, 4) is 11.8 Å². The Morgan fingerprint density at radius 1 is 1.41 bits per heavy atom. The Bertz CT molecular complexity index is 1100. The lowest BCUT2D eigenvalue weighted by Crippen LogP contribution is -2.39. The van der Waals surface area contributed by atoms with Gasteiger partial charge in [-0.15, -0.1) is 11.8 Å². The zero-order chi connectivity index (χ0) is 22.9.